The summed E-state index contributed by atoms with van der Waals surface area (Å²) in [6.45, 7) is 8.53. The molecule has 16 heavy (non-hydrogen) atoms. The van der Waals surface area contributed by atoms with Crippen LogP contribution in [-0.4, -0.2) is 11.5 Å². The summed E-state index contributed by atoms with van der Waals surface area (Å²) in [5, 5.41) is 0. The van der Waals surface area contributed by atoms with Crippen molar-refractivity contribution in [2.24, 2.45) is 0 Å². The predicted molar refractivity (Wildman–Crippen MR) is 72.7 cm³/mol. The van der Waals surface area contributed by atoms with Crippen LogP contribution in [0.15, 0.2) is 18.2 Å². The first-order valence-electron chi connectivity index (χ1n) is 5.61. The van der Waals surface area contributed by atoms with Crippen LogP contribution in [0.1, 0.15) is 48.7 Å². The number of benzene rings is 1. The van der Waals surface area contributed by atoms with Gasteiger partial charge in [0.25, 0.3) is 0 Å². The highest BCUT2D eigenvalue weighted by atomic mass is 32.1. The molecule has 0 saturated heterocycles. The fourth-order valence-electron chi connectivity index (χ4n) is 1.68. The third kappa shape index (κ3) is 3.11. The minimum atomic E-state index is 0.135. The van der Waals surface area contributed by atoms with Crippen molar-refractivity contribution in [3.63, 3.8) is 0 Å². The van der Waals surface area contributed by atoms with E-state index < -0.39 is 0 Å². The summed E-state index contributed by atoms with van der Waals surface area (Å²) in [5.74, 6) is 0.798. The first-order valence-corrected chi connectivity index (χ1v) is 6.24. The van der Waals surface area contributed by atoms with E-state index in [-0.39, 0.29) is 11.2 Å². The van der Waals surface area contributed by atoms with Gasteiger partial charge in [-0.3, -0.25) is 4.79 Å². The van der Waals surface area contributed by atoms with Crippen molar-refractivity contribution in [3.05, 3.63) is 34.9 Å². The lowest BCUT2D eigenvalue weighted by Gasteiger charge is -2.20. The third-order valence-corrected chi connectivity index (χ3v) is 2.96. The second kappa shape index (κ2) is 5.05. The fraction of sp³-hybridized carbons (Fsp3) is 0.500. The van der Waals surface area contributed by atoms with Gasteiger partial charge in [-0.05, 0) is 29.2 Å². The van der Waals surface area contributed by atoms with E-state index in [1.165, 1.54) is 5.56 Å². The number of ketones is 1. The van der Waals surface area contributed by atoms with Gasteiger partial charge in [-0.1, -0.05) is 39.0 Å². The van der Waals surface area contributed by atoms with Gasteiger partial charge in [-0.15, -0.1) is 0 Å². The average Bonchev–Trinajstić information content (AvgIpc) is 2.16. The highest BCUT2D eigenvalue weighted by molar-refractivity contribution is 7.80. The Balaban J connectivity index is 3.05. The van der Waals surface area contributed by atoms with Crippen molar-refractivity contribution < 1.29 is 4.79 Å². The molecule has 1 rings (SSSR count). The Morgan fingerprint density at radius 1 is 1.31 bits per heavy atom. The number of aryl methyl sites for hydroxylation is 1. The van der Waals surface area contributed by atoms with Crippen LogP contribution in [0.25, 0.3) is 0 Å². The van der Waals surface area contributed by atoms with Crippen molar-refractivity contribution in [2.75, 3.05) is 5.75 Å². The van der Waals surface area contributed by atoms with E-state index in [0.29, 0.717) is 12.2 Å². The predicted octanol–water partition coefficient (Wildman–Crippen LogP) is 3.80. The lowest BCUT2D eigenvalue weighted by atomic mass is 9.85. The molecule has 0 atom stereocenters. The summed E-state index contributed by atoms with van der Waals surface area (Å²) >= 11 is 4.09. The SMILES string of the molecule is Cc1cc(C(C)(C)C)ccc1C(=O)CCS. The fourth-order valence-corrected chi connectivity index (χ4v) is 1.88. The Hall–Kier alpha value is -0.760. The largest absolute Gasteiger partial charge is 0.294 e. The molecule has 0 radical (unpaired) electrons. The molecule has 0 aliphatic rings. The Bertz CT molecular complexity index is 388. The zero-order chi connectivity index (χ0) is 12.3. The number of carbonyl (C=O) groups is 1. The van der Waals surface area contributed by atoms with Crippen LogP contribution in [0.3, 0.4) is 0 Å². The first kappa shape index (κ1) is 13.3. The molecule has 88 valence electrons. The number of Topliss-reactive ketones (excluding diaryl/α,β-unsaturated/α-hetero) is 1. The smallest absolute Gasteiger partial charge is 0.163 e. The molecular weight excluding hydrogens is 216 g/mol. The standard InChI is InChI=1S/C14H20OS/c1-10-9-11(14(2,3)4)5-6-12(10)13(15)7-8-16/h5-6,9,16H,7-8H2,1-4H3. The van der Waals surface area contributed by atoms with Crippen LogP contribution in [0.5, 0.6) is 0 Å². The monoisotopic (exact) mass is 236 g/mol. The van der Waals surface area contributed by atoms with Crippen LogP contribution in [0.4, 0.5) is 0 Å². The molecule has 0 spiro atoms. The summed E-state index contributed by atoms with van der Waals surface area (Å²) in [7, 11) is 0. The van der Waals surface area contributed by atoms with E-state index in [9.17, 15) is 4.79 Å². The number of hydrogen-bond acceptors (Lipinski definition) is 2. The topological polar surface area (TPSA) is 17.1 Å². The highest BCUT2D eigenvalue weighted by Gasteiger charge is 2.16. The number of rotatable bonds is 3. The van der Waals surface area contributed by atoms with Crippen molar-refractivity contribution >= 4 is 18.4 Å². The molecule has 0 unspecified atom stereocenters. The molecule has 1 aromatic carbocycles. The Labute approximate surface area is 104 Å². The van der Waals surface area contributed by atoms with Crippen molar-refractivity contribution in [1.29, 1.82) is 0 Å². The van der Waals surface area contributed by atoms with Crippen molar-refractivity contribution in [1.82, 2.24) is 0 Å². The second-order valence-corrected chi connectivity index (χ2v) is 5.62. The molecule has 0 aromatic heterocycles. The summed E-state index contributed by atoms with van der Waals surface area (Å²) in [4.78, 5) is 11.8. The molecule has 0 amide bonds. The van der Waals surface area contributed by atoms with Gasteiger partial charge in [0.2, 0.25) is 0 Å². The minimum Gasteiger partial charge on any atom is -0.294 e. The lowest BCUT2D eigenvalue weighted by Crippen LogP contribution is -2.12. The molecule has 0 bridgehead atoms. The van der Waals surface area contributed by atoms with Crippen LogP contribution in [0.2, 0.25) is 0 Å². The Morgan fingerprint density at radius 3 is 2.38 bits per heavy atom. The Kier molecular flexibility index (Phi) is 4.20. The molecule has 0 fully saturated rings. The van der Waals surface area contributed by atoms with E-state index in [0.717, 1.165) is 11.1 Å². The minimum absolute atomic E-state index is 0.135. The maximum atomic E-state index is 11.8. The zero-order valence-electron chi connectivity index (χ0n) is 10.5. The van der Waals surface area contributed by atoms with Crippen molar-refractivity contribution in [2.45, 2.75) is 39.5 Å². The van der Waals surface area contributed by atoms with Gasteiger partial charge >= 0.3 is 0 Å². The normalized spacial score (nSPS) is 11.6. The summed E-state index contributed by atoms with van der Waals surface area (Å²) in [6, 6.07) is 6.12. The molecular formula is C14H20OS. The molecule has 1 aromatic rings. The lowest BCUT2D eigenvalue weighted by molar-refractivity contribution is 0.0989. The van der Waals surface area contributed by atoms with Crippen LogP contribution in [0, 0.1) is 6.92 Å². The number of carbonyl (C=O) groups excluding carboxylic acids is 1. The van der Waals surface area contributed by atoms with E-state index >= 15 is 0 Å². The number of hydrogen-bond donors (Lipinski definition) is 1. The van der Waals surface area contributed by atoms with Gasteiger partial charge in [0.15, 0.2) is 5.78 Å². The maximum Gasteiger partial charge on any atom is 0.163 e. The van der Waals surface area contributed by atoms with Gasteiger partial charge < -0.3 is 0 Å². The van der Waals surface area contributed by atoms with Gasteiger partial charge in [0, 0.05) is 12.0 Å². The first-order chi connectivity index (χ1) is 7.36. The molecule has 1 nitrogen and oxygen atoms in total. The molecule has 0 N–H and O–H groups in total. The molecule has 0 saturated carbocycles. The average molecular weight is 236 g/mol. The quantitative estimate of drug-likeness (QED) is 0.624. The van der Waals surface area contributed by atoms with E-state index in [2.05, 4.69) is 45.5 Å². The van der Waals surface area contributed by atoms with Gasteiger partial charge in [0.1, 0.15) is 0 Å². The highest BCUT2D eigenvalue weighted by Crippen LogP contribution is 2.24. The van der Waals surface area contributed by atoms with Crippen LogP contribution in [-0.2, 0) is 5.41 Å². The summed E-state index contributed by atoms with van der Waals surface area (Å²) in [5.41, 5.74) is 3.31. The van der Waals surface area contributed by atoms with E-state index in [4.69, 9.17) is 0 Å². The zero-order valence-corrected chi connectivity index (χ0v) is 11.4. The summed E-state index contributed by atoms with van der Waals surface area (Å²) < 4.78 is 0. The maximum absolute atomic E-state index is 11.8. The van der Waals surface area contributed by atoms with E-state index in [1.807, 2.05) is 13.0 Å². The van der Waals surface area contributed by atoms with E-state index in [1.54, 1.807) is 0 Å². The summed E-state index contributed by atoms with van der Waals surface area (Å²) in [6.07, 6.45) is 0.513. The molecule has 2 heteroatoms. The second-order valence-electron chi connectivity index (χ2n) is 5.18. The number of thiol groups is 1. The third-order valence-electron chi connectivity index (χ3n) is 2.73. The molecule has 0 aliphatic carbocycles. The van der Waals surface area contributed by atoms with Crippen molar-refractivity contribution in [3.8, 4) is 0 Å². The Morgan fingerprint density at radius 2 is 1.94 bits per heavy atom. The van der Waals surface area contributed by atoms with Gasteiger partial charge in [-0.25, -0.2) is 0 Å². The van der Waals surface area contributed by atoms with Crippen LogP contribution >= 0.6 is 12.6 Å². The van der Waals surface area contributed by atoms with Crippen LogP contribution < -0.4 is 0 Å². The van der Waals surface area contributed by atoms with Gasteiger partial charge in [-0.2, -0.15) is 12.6 Å². The van der Waals surface area contributed by atoms with Gasteiger partial charge in [0.05, 0.1) is 0 Å². The molecule has 0 heterocycles. The molecule has 0 aliphatic heterocycles.